The summed E-state index contributed by atoms with van der Waals surface area (Å²) in [5, 5.41) is 3.35. The quantitative estimate of drug-likeness (QED) is 0.496. The molecule has 0 radical (unpaired) electrons. The molecule has 0 saturated heterocycles. The Morgan fingerprint density at radius 3 is 2.34 bits per heavy atom. The normalized spacial score (nSPS) is 11.5. The molecule has 0 aliphatic heterocycles. The number of nitrogens with one attached hydrogen (secondary N) is 1. The lowest BCUT2D eigenvalue weighted by atomic mass is 10.2. The van der Waals surface area contributed by atoms with Crippen molar-refractivity contribution < 1.29 is 19.1 Å². The van der Waals surface area contributed by atoms with Gasteiger partial charge in [0.05, 0.1) is 11.3 Å². The minimum atomic E-state index is -1.05. The maximum atomic E-state index is 12.6. The third-order valence-electron chi connectivity index (χ3n) is 3.74. The molecule has 2 aromatic rings. The average Bonchev–Trinajstić information content (AvgIpc) is 2.65. The summed E-state index contributed by atoms with van der Waals surface area (Å²) in [6, 6.07) is 11.4. The van der Waals surface area contributed by atoms with Crippen molar-refractivity contribution in [2.45, 2.75) is 17.9 Å². The van der Waals surface area contributed by atoms with E-state index in [2.05, 4.69) is 5.32 Å². The van der Waals surface area contributed by atoms with Gasteiger partial charge in [0.15, 0.2) is 6.10 Å². The first-order chi connectivity index (χ1) is 13.7. The van der Waals surface area contributed by atoms with Crippen LogP contribution in [0.15, 0.2) is 47.4 Å². The van der Waals surface area contributed by atoms with Gasteiger partial charge < -0.3 is 15.0 Å². The maximum Gasteiger partial charge on any atom is 0.340 e. The highest BCUT2D eigenvalue weighted by atomic mass is 35.5. The molecule has 29 heavy (non-hydrogen) atoms. The van der Waals surface area contributed by atoms with Crippen LogP contribution in [-0.2, 0) is 14.3 Å². The van der Waals surface area contributed by atoms with Crippen molar-refractivity contribution in [1.82, 2.24) is 4.90 Å². The molecule has 0 aliphatic rings. The number of benzene rings is 2. The standard InChI is InChI=1S/C20H20Cl2N2O4S/c1-12(19(26)23-15-9-13(21)8-14(22)10-15)28-20(27)16-6-4-5-7-17(16)29-11-18(25)24(2)3/h4-10,12H,11H2,1-3H3,(H,23,26)/t12-/m0/s1. The SMILES string of the molecule is C[C@H](OC(=O)c1ccccc1SCC(=O)N(C)C)C(=O)Nc1cc(Cl)cc(Cl)c1. The van der Waals surface area contributed by atoms with Gasteiger partial charge in [0.25, 0.3) is 5.91 Å². The van der Waals surface area contributed by atoms with Gasteiger partial charge in [0, 0.05) is 34.7 Å². The number of hydrogen-bond acceptors (Lipinski definition) is 5. The van der Waals surface area contributed by atoms with Crippen molar-refractivity contribution in [2.24, 2.45) is 0 Å². The molecule has 0 aliphatic carbocycles. The van der Waals surface area contributed by atoms with E-state index in [1.54, 1.807) is 38.4 Å². The van der Waals surface area contributed by atoms with Crippen LogP contribution in [0.25, 0.3) is 0 Å². The molecule has 0 aromatic heterocycles. The molecule has 0 saturated carbocycles. The summed E-state index contributed by atoms with van der Waals surface area (Å²) in [6.07, 6.45) is -1.05. The zero-order valence-electron chi connectivity index (χ0n) is 16.1. The number of halogens is 2. The number of carbonyl (C=O) groups is 3. The van der Waals surface area contributed by atoms with Crippen LogP contribution in [0.2, 0.25) is 10.0 Å². The molecule has 2 amide bonds. The molecule has 1 N–H and O–H groups in total. The Morgan fingerprint density at radius 1 is 1.10 bits per heavy atom. The van der Waals surface area contributed by atoms with Crippen molar-refractivity contribution in [3.05, 3.63) is 58.1 Å². The van der Waals surface area contributed by atoms with Gasteiger partial charge in [-0.2, -0.15) is 0 Å². The topological polar surface area (TPSA) is 75.7 Å². The summed E-state index contributed by atoms with van der Waals surface area (Å²) in [5.41, 5.74) is 0.683. The highest BCUT2D eigenvalue weighted by molar-refractivity contribution is 8.00. The lowest BCUT2D eigenvalue weighted by Crippen LogP contribution is -2.30. The number of ether oxygens (including phenoxy) is 1. The van der Waals surface area contributed by atoms with Crippen molar-refractivity contribution in [3.63, 3.8) is 0 Å². The van der Waals surface area contributed by atoms with Crippen LogP contribution >= 0.6 is 35.0 Å². The molecule has 0 unspecified atom stereocenters. The molecule has 0 spiro atoms. The second-order valence-electron chi connectivity index (χ2n) is 6.27. The highest BCUT2D eigenvalue weighted by Crippen LogP contribution is 2.25. The number of rotatable bonds is 7. The van der Waals surface area contributed by atoms with Crippen LogP contribution in [0, 0.1) is 0 Å². The maximum absolute atomic E-state index is 12.6. The molecular formula is C20H20Cl2N2O4S. The fourth-order valence-electron chi connectivity index (χ4n) is 2.18. The minimum absolute atomic E-state index is 0.0777. The fourth-order valence-corrected chi connectivity index (χ4v) is 3.72. The molecule has 6 nitrogen and oxygen atoms in total. The van der Waals surface area contributed by atoms with Crippen molar-refractivity contribution in [3.8, 4) is 0 Å². The van der Waals surface area contributed by atoms with Gasteiger partial charge in [-0.25, -0.2) is 4.79 Å². The van der Waals surface area contributed by atoms with E-state index in [0.29, 0.717) is 20.6 Å². The van der Waals surface area contributed by atoms with E-state index >= 15 is 0 Å². The fraction of sp³-hybridized carbons (Fsp3) is 0.250. The van der Waals surface area contributed by atoms with Gasteiger partial charge in [0.2, 0.25) is 5.91 Å². The number of esters is 1. The average molecular weight is 455 g/mol. The van der Waals surface area contributed by atoms with E-state index in [0.717, 1.165) is 0 Å². The number of anilines is 1. The number of amides is 2. The molecule has 2 rings (SSSR count). The minimum Gasteiger partial charge on any atom is -0.449 e. The van der Waals surface area contributed by atoms with Crippen molar-refractivity contribution in [2.75, 3.05) is 25.2 Å². The van der Waals surface area contributed by atoms with Crippen molar-refractivity contribution in [1.29, 1.82) is 0 Å². The Hall–Kier alpha value is -2.22. The molecule has 0 heterocycles. The van der Waals surface area contributed by atoms with Gasteiger partial charge in [-0.1, -0.05) is 35.3 Å². The Labute approximate surface area is 183 Å². The van der Waals surface area contributed by atoms with Gasteiger partial charge >= 0.3 is 5.97 Å². The zero-order valence-corrected chi connectivity index (χ0v) is 18.4. The van der Waals surface area contributed by atoms with Gasteiger partial charge in [-0.15, -0.1) is 11.8 Å². The van der Waals surface area contributed by atoms with E-state index in [4.69, 9.17) is 27.9 Å². The summed E-state index contributed by atoms with van der Waals surface area (Å²) < 4.78 is 5.30. The predicted octanol–water partition coefficient (Wildman–Crippen LogP) is 4.36. The molecule has 2 aromatic carbocycles. The van der Waals surface area contributed by atoms with E-state index in [-0.39, 0.29) is 17.2 Å². The van der Waals surface area contributed by atoms with Crippen LogP contribution < -0.4 is 5.32 Å². The van der Waals surface area contributed by atoms with Gasteiger partial charge in [0.1, 0.15) is 0 Å². The number of nitrogens with zero attached hydrogens (tertiary/aromatic N) is 1. The molecule has 0 bridgehead atoms. The Balaban J connectivity index is 2.03. The summed E-state index contributed by atoms with van der Waals surface area (Å²) in [4.78, 5) is 38.8. The molecule has 0 fully saturated rings. The number of carbonyl (C=O) groups excluding carboxylic acids is 3. The van der Waals surface area contributed by atoms with Crippen LogP contribution in [0.3, 0.4) is 0 Å². The number of thioether (sulfide) groups is 1. The lowest BCUT2D eigenvalue weighted by molar-refractivity contribution is -0.126. The first-order valence-electron chi connectivity index (χ1n) is 8.57. The van der Waals surface area contributed by atoms with E-state index in [1.807, 2.05) is 0 Å². The second kappa shape index (κ2) is 10.5. The molecular weight excluding hydrogens is 435 g/mol. The van der Waals surface area contributed by atoms with Gasteiger partial charge in [-0.3, -0.25) is 9.59 Å². The van der Waals surface area contributed by atoms with Crippen LogP contribution in [0.5, 0.6) is 0 Å². The zero-order chi connectivity index (χ0) is 21.6. The van der Waals surface area contributed by atoms with Crippen LogP contribution in [0.4, 0.5) is 5.69 Å². The summed E-state index contributed by atoms with van der Waals surface area (Å²) >= 11 is 13.1. The summed E-state index contributed by atoms with van der Waals surface area (Å²) in [5.74, 6) is -1.07. The van der Waals surface area contributed by atoms with Crippen molar-refractivity contribution >= 4 is 58.4 Å². The Kier molecular flexibility index (Phi) is 8.37. The van der Waals surface area contributed by atoms with E-state index in [9.17, 15) is 14.4 Å². The van der Waals surface area contributed by atoms with E-state index in [1.165, 1.54) is 41.8 Å². The second-order valence-corrected chi connectivity index (χ2v) is 8.16. The third-order valence-corrected chi connectivity index (χ3v) is 5.23. The lowest BCUT2D eigenvalue weighted by Gasteiger charge is -2.15. The predicted molar refractivity (Wildman–Crippen MR) is 116 cm³/mol. The smallest absolute Gasteiger partial charge is 0.340 e. The summed E-state index contributed by atoms with van der Waals surface area (Å²) in [7, 11) is 3.33. The monoisotopic (exact) mass is 454 g/mol. The molecule has 9 heteroatoms. The Morgan fingerprint density at radius 2 is 1.72 bits per heavy atom. The van der Waals surface area contributed by atoms with Crippen LogP contribution in [0.1, 0.15) is 17.3 Å². The first-order valence-corrected chi connectivity index (χ1v) is 10.3. The highest BCUT2D eigenvalue weighted by Gasteiger charge is 2.21. The molecule has 154 valence electrons. The molecule has 1 atom stereocenters. The largest absolute Gasteiger partial charge is 0.449 e. The first kappa shape index (κ1) is 23.1. The van der Waals surface area contributed by atoms with Gasteiger partial charge in [-0.05, 0) is 37.3 Å². The van der Waals surface area contributed by atoms with Crippen LogP contribution in [-0.4, -0.2) is 48.6 Å². The third kappa shape index (κ3) is 6.96. The van der Waals surface area contributed by atoms with E-state index < -0.39 is 18.0 Å². The summed E-state index contributed by atoms with van der Waals surface area (Å²) in [6.45, 7) is 1.46. The number of hydrogen-bond donors (Lipinski definition) is 1. The Bertz CT molecular complexity index is 901.